The molecule has 0 heterocycles. The Bertz CT molecular complexity index is 733. The highest BCUT2D eigenvalue weighted by atomic mass is 79.9. The molecular weight excluding hydrogens is 384 g/mol. The third kappa shape index (κ3) is 4.97. The molecule has 7 heteroatoms. The van der Waals surface area contributed by atoms with Crippen LogP contribution < -0.4 is 10.2 Å². The Balaban J connectivity index is 1.97. The van der Waals surface area contributed by atoms with Gasteiger partial charge in [0.1, 0.15) is 0 Å². The summed E-state index contributed by atoms with van der Waals surface area (Å²) in [6.45, 7) is 0. The van der Waals surface area contributed by atoms with Crippen molar-refractivity contribution >= 4 is 39.7 Å². The number of carbonyl (C=O) groups excluding carboxylic acids is 1. The second kappa shape index (κ2) is 7.99. The van der Waals surface area contributed by atoms with Gasteiger partial charge in [0, 0.05) is 4.47 Å². The van der Waals surface area contributed by atoms with E-state index in [0.29, 0.717) is 5.56 Å². The van der Waals surface area contributed by atoms with Gasteiger partial charge in [0.25, 0.3) is 0 Å². The van der Waals surface area contributed by atoms with Crippen molar-refractivity contribution in [1.82, 2.24) is 5.43 Å². The molecule has 23 heavy (non-hydrogen) atoms. The third-order valence-electron chi connectivity index (χ3n) is 2.95. The van der Waals surface area contributed by atoms with E-state index in [9.17, 15) is 9.90 Å². The van der Waals surface area contributed by atoms with E-state index in [0.717, 1.165) is 10.0 Å². The van der Waals surface area contributed by atoms with Crippen LogP contribution in [-0.2, 0) is 11.2 Å². The normalized spacial score (nSPS) is 10.7. The van der Waals surface area contributed by atoms with Crippen LogP contribution in [-0.4, -0.2) is 24.3 Å². The molecule has 0 unspecified atom stereocenters. The molecule has 0 aliphatic carbocycles. The Morgan fingerprint density at radius 2 is 2.09 bits per heavy atom. The summed E-state index contributed by atoms with van der Waals surface area (Å²) in [7, 11) is 1.42. The lowest BCUT2D eigenvalue weighted by atomic mass is 10.1. The van der Waals surface area contributed by atoms with Crippen LogP contribution in [0.1, 0.15) is 11.1 Å². The molecule has 2 rings (SSSR count). The molecule has 0 fully saturated rings. The topological polar surface area (TPSA) is 70.9 Å². The molecule has 0 radical (unpaired) electrons. The molecule has 1 amide bonds. The van der Waals surface area contributed by atoms with Crippen LogP contribution in [0.5, 0.6) is 11.5 Å². The van der Waals surface area contributed by atoms with Crippen LogP contribution in [0.15, 0.2) is 46.0 Å². The molecule has 2 N–H and O–H groups in total. The van der Waals surface area contributed by atoms with Gasteiger partial charge in [-0.2, -0.15) is 5.10 Å². The number of phenolic OH excluding ortho intramolecular Hbond substituents is 1. The Hall–Kier alpha value is -2.05. The highest BCUT2D eigenvalue weighted by Crippen LogP contribution is 2.34. The molecule has 0 aromatic heterocycles. The number of methoxy groups -OCH3 is 1. The number of carbonyl (C=O) groups is 1. The Morgan fingerprint density at radius 3 is 2.74 bits per heavy atom. The monoisotopic (exact) mass is 396 g/mol. The zero-order valence-corrected chi connectivity index (χ0v) is 14.6. The molecular formula is C16H14BrClN2O3. The number of amides is 1. The minimum Gasteiger partial charge on any atom is -0.503 e. The number of hydrogen-bond acceptors (Lipinski definition) is 4. The Morgan fingerprint density at radius 1 is 1.39 bits per heavy atom. The Labute approximate surface area is 147 Å². The summed E-state index contributed by atoms with van der Waals surface area (Å²) in [5.74, 6) is -0.133. The van der Waals surface area contributed by atoms with Gasteiger partial charge in [0.15, 0.2) is 11.5 Å². The van der Waals surface area contributed by atoms with Crippen molar-refractivity contribution in [2.45, 2.75) is 6.42 Å². The van der Waals surface area contributed by atoms with E-state index >= 15 is 0 Å². The van der Waals surface area contributed by atoms with Gasteiger partial charge in [-0.15, -0.1) is 0 Å². The molecule has 2 aromatic carbocycles. The highest BCUT2D eigenvalue weighted by Gasteiger charge is 2.08. The molecule has 0 bridgehead atoms. The molecule has 0 atom stereocenters. The molecule has 2 aromatic rings. The SMILES string of the molecule is COc1cc(/C=N\NC(=O)Cc2ccc(Br)cc2)cc(Cl)c1O. The second-order valence-electron chi connectivity index (χ2n) is 4.65. The summed E-state index contributed by atoms with van der Waals surface area (Å²) in [5.41, 5.74) is 3.91. The standard InChI is InChI=1S/C16H14BrClN2O3/c1-23-14-7-11(6-13(18)16(14)22)9-19-20-15(21)8-10-2-4-12(17)5-3-10/h2-7,9,22H,8H2,1H3,(H,20,21)/b19-9-. The molecule has 0 spiro atoms. The number of rotatable bonds is 5. The molecule has 120 valence electrons. The van der Waals surface area contributed by atoms with E-state index in [-0.39, 0.29) is 28.8 Å². The van der Waals surface area contributed by atoms with Gasteiger partial charge >= 0.3 is 0 Å². The summed E-state index contributed by atoms with van der Waals surface area (Å²) in [5, 5.41) is 13.7. The first kappa shape index (κ1) is 17.3. The van der Waals surface area contributed by atoms with E-state index in [1.54, 1.807) is 6.07 Å². The first-order valence-corrected chi connectivity index (χ1v) is 7.79. The number of hydrogen-bond donors (Lipinski definition) is 2. The van der Waals surface area contributed by atoms with E-state index in [2.05, 4.69) is 26.5 Å². The van der Waals surface area contributed by atoms with Gasteiger partial charge in [-0.05, 0) is 35.4 Å². The summed E-state index contributed by atoms with van der Waals surface area (Å²) in [6, 6.07) is 10.5. The predicted molar refractivity (Wildman–Crippen MR) is 93.3 cm³/mol. The van der Waals surface area contributed by atoms with Crippen molar-refractivity contribution in [2.24, 2.45) is 5.10 Å². The lowest BCUT2D eigenvalue weighted by Gasteiger charge is -2.06. The third-order valence-corrected chi connectivity index (χ3v) is 3.77. The van der Waals surface area contributed by atoms with E-state index in [1.165, 1.54) is 19.4 Å². The van der Waals surface area contributed by atoms with Crippen molar-refractivity contribution < 1.29 is 14.6 Å². The fourth-order valence-electron chi connectivity index (χ4n) is 1.83. The number of nitrogens with one attached hydrogen (secondary N) is 1. The van der Waals surface area contributed by atoms with Gasteiger partial charge < -0.3 is 9.84 Å². The van der Waals surface area contributed by atoms with Crippen LogP contribution in [0.25, 0.3) is 0 Å². The van der Waals surface area contributed by atoms with Crippen LogP contribution in [0.4, 0.5) is 0 Å². The van der Waals surface area contributed by atoms with Crippen LogP contribution >= 0.6 is 27.5 Å². The van der Waals surface area contributed by atoms with Crippen molar-refractivity contribution in [3.63, 3.8) is 0 Å². The first-order chi connectivity index (χ1) is 11.0. The van der Waals surface area contributed by atoms with Crippen molar-refractivity contribution in [3.8, 4) is 11.5 Å². The fraction of sp³-hybridized carbons (Fsp3) is 0.125. The Kier molecular flexibility index (Phi) is 6.01. The number of benzene rings is 2. The maximum Gasteiger partial charge on any atom is 0.244 e. The number of ether oxygens (including phenoxy) is 1. The van der Waals surface area contributed by atoms with Gasteiger partial charge in [-0.25, -0.2) is 5.43 Å². The number of nitrogens with zero attached hydrogens (tertiary/aromatic N) is 1. The van der Waals surface area contributed by atoms with Gasteiger partial charge in [0.2, 0.25) is 5.91 Å². The van der Waals surface area contributed by atoms with Gasteiger partial charge in [0.05, 0.1) is 24.8 Å². The maximum absolute atomic E-state index is 11.8. The van der Waals surface area contributed by atoms with Crippen molar-refractivity contribution in [3.05, 3.63) is 57.0 Å². The summed E-state index contributed by atoms with van der Waals surface area (Å²) in [4.78, 5) is 11.8. The van der Waals surface area contributed by atoms with Gasteiger partial charge in [-0.3, -0.25) is 4.79 Å². The summed E-state index contributed by atoms with van der Waals surface area (Å²) < 4.78 is 5.95. The molecule has 0 saturated heterocycles. The summed E-state index contributed by atoms with van der Waals surface area (Å²) >= 11 is 9.22. The number of aromatic hydroxyl groups is 1. The minimum atomic E-state index is -0.236. The van der Waals surface area contributed by atoms with Crippen molar-refractivity contribution in [2.75, 3.05) is 7.11 Å². The lowest BCUT2D eigenvalue weighted by molar-refractivity contribution is -0.120. The number of phenols is 1. The first-order valence-electron chi connectivity index (χ1n) is 6.62. The average molecular weight is 398 g/mol. The maximum atomic E-state index is 11.8. The van der Waals surface area contributed by atoms with Crippen LogP contribution in [0, 0.1) is 0 Å². The smallest absolute Gasteiger partial charge is 0.244 e. The molecule has 5 nitrogen and oxygen atoms in total. The molecule has 0 saturated carbocycles. The van der Waals surface area contributed by atoms with E-state index in [1.807, 2.05) is 24.3 Å². The van der Waals surface area contributed by atoms with Gasteiger partial charge in [-0.1, -0.05) is 39.7 Å². The van der Waals surface area contributed by atoms with E-state index < -0.39 is 0 Å². The zero-order valence-electron chi connectivity index (χ0n) is 12.2. The van der Waals surface area contributed by atoms with Crippen molar-refractivity contribution in [1.29, 1.82) is 0 Å². The van der Waals surface area contributed by atoms with E-state index in [4.69, 9.17) is 16.3 Å². The highest BCUT2D eigenvalue weighted by molar-refractivity contribution is 9.10. The number of hydrazone groups is 1. The molecule has 0 aliphatic rings. The zero-order chi connectivity index (χ0) is 16.8. The second-order valence-corrected chi connectivity index (χ2v) is 5.97. The largest absolute Gasteiger partial charge is 0.503 e. The number of halogens is 2. The molecule has 0 aliphatic heterocycles. The van der Waals surface area contributed by atoms with Crippen LogP contribution in [0.2, 0.25) is 5.02 Å². The quantitative estimate of drug-likeness (QED) is 0.599. The lowest BCUT2D eigenvalue weighted by Crippen LogP contribution is -2.19. The summed E-state index contributed by atoms with van der Waals surface area (Å²) in [6.07, 6.45) is 1.65. The predicted octanol–water partition coefficient (Wildman–Crippen LogP) is 3.51. The minimum absolute atomic E-state index is 0.134. The van der Waals surface area contributed by atoms with Crippen LogP contribution in [0.3, 0.4) is 0 Å². The fourth-order valence-corrected chi connectivity index (χ4v) is 2.31. The average Bonchev–Trinajstić information content (AvgIpc) is 2.53.